The van der Waals surface area contributed by atoms with Crippen molar-refractivity contribution in [3.8, 4) is 0 Å². The fourth-order valence-electron chi connectivity index (χ4n) is 2.38. The lowest BCUT2D eigenvalue weighted by atomic mass is 10.1. The van der Waals surface area contributed by atoms with E-state index in [-0.39, 0.29) is 5.69 Å². The van der Waals surface area contributed by atoms with E-state index in [1.54, 1.807) is 12.3 Å². The third-order valence-electron chi connectivity index (χ3n) is 3.27. The molecule has 3 aromatic rings. The standard InChI is InChI=1S/C15H14N2O3/c1-2-20-8-9-4-3-5-11-14(9)10-6-12(15(18)19)16-7-13(10)17-11/h3-7,17H,2,8H2,1H3,(H,18,19). The summed E-state index contributed by atoms with van der Waals surface area (Å²) >= 11 is 0. The van der Waals surface area contributed by atoms with E-state index in [0.717, 1.165) is 27.4 Å². The van der Waals surface area contributed by atoms with Crippen LogP contribution in [-0.4, -0.2) is 27.7 Å². The molecule has 102 valence electrons. The van der Waals surface area contributed by atoms with E-state index in [2.05, 4.69) is 9.97 Å². The van der Waals surface area contributed by atoms with Gasteiger partial charge in [-0.15, -0.1) is 0 Å². The zero-order valence-electron chi connectivity index (χ0n) is 11.0. The van der Waals surface area contributed by atoms with Crippen molar-refractivity contribution in [3.63, 3.8) is 0 Å². The van der Waals surface area contributed by atoms with Gasteiger partial charge in [0.15, 0.2) is 0 Å². The summed E-state index contributed by atoms with van der Waals surface area (Å²) in [7, 11) is 0. The highest BCUT2D eigenvalue weighted by molar-refractivity contribution is 6.10. The zero-order valence-corrected chi connectivity index (χ0v) is 11.0. The Balaban J connectivity index is 2.27. The Morgan fingerprint density at radius 1 is 1.40 bits per heavy atom. The van der Waals surface area contributed by atoms with Gasteiger partial charge in [0.05, 0.1) is 18.3 Å². The first-order chi connectivity index (χ1) is 9.70. The van der Waals surface area contributed by atoms with Crippen molar-refractivity contribution >= 4 is 27.8 Å². The Morgan fingerprint density at radius 3 is 3.00 bits per heavy atom. The summed E-state index contributed by atoms with van der Waals surface area (Å²) in [5.74, 6) is -1.02. The number of aromatic carboxylic acids is 1. The number of fused-ring (bicyclic) bond motifs is 3. The number of carboxylic acid groups (broad SMARTS) is 1. The number of rotatable bonds is 4. The molecular weight excluding hydrogens is 256 g/mol. The highest BCUT2D eigenvalue weighted by atomic mass is 16.5. The fraction of sp³-hybridized carbons (Fsp3) is 0.200. The molecule has 1 aromatic carbocycles. The van der Waals surface area contributed by atoms with Gasteiger partial charge in [-0.2, -0.15) is 0 Å². The number of aromatic amines is 1. The normalized spacial score (nSPS) is 11.2. The molecule has 5 heteroatoms. The van der Waals surface area contributed by atoms with Gasteiger partial charge < -0.3 is 14.8 Å². The number of aromatic nitrogens is 2. The van der Waals surface area contributed by atoms with Crippen LogP contribution in [0.25, 0.3) is 21.8 Å². The Bertz CT molecular complexity index is 792. The number of hydrogen-bond donors (Lipinski definition) is 2. The van der Waals surface area contributed by atoms with Crippen LogP contribution >= 0.6 is 0 Å². The lowest BCUT2D eigenvalue weighted by molar-refractivity contribution is 0.0690. The maximum absolute atomic E-state index is 11.1. The number of nitrogens with zero attached hydrogens (tertiary/aromatic N) is 1. The number of ether oxygens (including phenoxy) is 1. The molecule has 0 atom stereocenters. The lowest BCUT2D eigenvalue weighted by Gasteiger charge is -2.04. The SMILES string of the molecule is CCOCc1cccc2[nH]c3cnc(C(=O)O)cc3c12. The maximum atomic E-state index is 11.1. The molecule has 0 fully saturated rings. The Morgan fingerprint density at radius 2 is 2.25 bits per heavy atom. The summed E-state index contributed by atoms with van der Waals surface area (Å²) in [5, 5.41) is 10.9. The van der Waals surface area contributed by atoms with E-state index in [4.69, 9.17) is 9.84 Å². The summed E-state index contributed by atoms with van der Waals surface area (Å²) in [6.07, 6.45) is 1.56. The van der Waals surface area contributed by atoms with Crippen LogP contribution in [-0.2, 0) is 11.3 Å². The molecule has 0 aliphatic heterocycles. The molecule has 0 spiro atoms. The van der Waals surface area contributed by atoms with Crippen molar-refractivity contribution in [1.29, 1.82) is 0 Å². The summed E-state index contributed by atoms with van der Waals surface area (Å²) in [6, 6.07) is 7.51. The van der Waals surface area contributed by atoms with E-state index < -0.39 is 5.97 Å². The van der Waals surface area contributed by atoms with Crippen LogP contribution in [0.5, 0.6) is 0 Å². The van der Waals surface area contributed by atoms with Gasteiger partial charge in [-0.05, 0) is 24.6 Å². The molecule has 0 radical (unpaired) electrons. The molecule has 0 unspecified atom stereocenters. The molecule has 2 heterocycles. The van der Waals surface area contributed by atoms with Gasteiger partial charge in [0, 0.05) is 22.9 Å². The van der Waals surface area contributed by atoms with Crippen LogP contribution in [0.2, 0.25) is 0 Å². The van der Waals surface area contributed by atoms with Gasteiger partial charge in [-0.25, -0.2) is 9.78 Å². The van der Waals surface area contributed by atoms with Gasteiger partial charge in [0.1, 0.15) is 5.69 Å². The second-order valence-corrected chi connectivity index (χ2v) is 4.52. The highest BCUT2D eigenvalue weighted by Gasteiger charge is 2.12. The molecule has 2 aromatic heterocycles. The Labute approximate surface area is 115 Å². The second kappa shape index (κ2) is 4.94. The quantitative estimate of drug-likeness (QED) is 0.764. The van der Waals surface area contributed by atoms with E-state index >= 15 is 0 Å². The van der Waals surface area contributed by atoms with Gasteiger partial charge in [-0.3, -0.25) is 0 Å². The van der Waals surface area contributed by atoms with Crippen molar-refractivity contribution in [1.82, 2.24) is 9.97 Å². The number of H-pyrrole nitrogens is 1. The second-order valence-electron chi connectivity index (χ2n) is 4.52. The van der Waals surface area contributed by atoms with Crippen LogP contribution in [0.1, 0.15) is 23.0 Å². The third-order valence-corrected chi connectivity index (χ3v) is 3.27. The van der Waals surface area contributed by atoms with Crippen LogP contribution in [0.3, 0.4) is 0 Å². The predicted molar refractivity (Wildman–Crippen MR) is 75.9 cm³/mol. The molecule has 0 aliphatic carbocycles. The molecule has 0 saturated carbocycles. The number of carboxylic acids is 1. The first-order valence-electron chi connectivity index (χ1n) is 6.41. The number of hydrogen-bond acceptors (Lipinski definition) is 3. The topological polar surface area (TPSA) is 75.2 Å². The number of nitrogens with one attached hydrogen (secondary N) is 1. The third kappa shape index (κ3) is 2.02. The molecule has 0 amide bonds. The number of pyridine rings is 1. The van der Waals surface area contributed by atoms with Gasteiger partial charge in [-0.1, -0.05) is 12.1 Å². The molecule has 0 aliphatic rings. The summed E-state index contributed by atoms with van der Waals surface area (Å²) in [4.78, 5) is 18.2. The van der Waals surface area contributed by atoms with Crippen molar-refractivity contribution in [2.75, 3.05) is 6.61 Å². The molecule has 2 N–H and O–H groups in total. The summed E-state index contributed by atoms with van der Waals surface area (Å²) < 4.78 is 5.48. The average molecular weight is 270 g/mol. The predicted octanol–water partition coefficient (Wildman–Crippen LogP) is 2.95. The summed E-state index contributed by atoms with van der Waals surface area (Å²) in [6.45, 7) is 3.09. The summed E-state index contributed by atoms with van der Waals surface area (Å²) in [5.41, 5.74) is 2.87. The molecule has 20 heavy (non-hydrogen) atoms. The maximum Gasteiger partial charge on any atom is 0.354 e. The van der Waals surface area contributed by atoms with Crippen LogP contribution in [0, 0.1) is 0 Å². The minimum atomic E-state index is -1.02. The fourth-order valence-corrected chi connectivity index (χ4v) is 2.38. The first-order valence-corrected chi connectivity index (χ1v) is 6.41. The number of carbonyl (C=O) groups is 1. The van der Waals surface area contributed by atoms with Crippen LogP contribution in [0.4, 0.5) is 0 Å². The zero-order chi connectivity index (χ0) is 14.1. The average Bonchev–Trinajstić information content (AvgIpc) is 2.83. The molecule has 0 bridgehead atoms. The van der Waals surface area contributed by atoms with Gasteiger partial charge in [0.25, 0.3) is 0 Å². The van der Waals surface area contributed by atoms with Gasteiger partial charge in [0.2, 0.25) is 0 Å². The van der Waals surface area contributed by atoms with E-state index in [0.29, 0.717) is 13.2 Å². The first kappa shape index (κ1) is 12.6. The van der Waals surface area contributed by atoms with E-state index in [1.807, 2.05) is 25.1 Å². The Kier molecular flexibility index (Phi) is 3.12. The van der Waals surface area contributed by atoms with Crippen molar-refractivity contribution in [2.45, 2.75) is 13.5 Å². The van der Waals surface area contributed by atoms with Gasteiger partial charge >= 0.3 is 5.97 Å². The van der Waals surface area contributed by atoms with E-state index in [9.17, 15) is 4.79 Å². The lowest BCUT2D eigenvalue weighted by Crippen LogP contribution is -1.99. The van der Waals surface area contributed by atoms with Crippen molar-refractivity contribution in [2.24, 2.45) is 0 Å². The minimum Gasteiger partial charge on any atom is -0.477 e. The van der Waals surface area contributed by atoms with Crippen molar-refractivity contribution in [3.05, 3.63) is 41.7 Å². The van der Waals surface area contributed by atoms with E-state index in [1.165, 1.54) is 0 Å². The number of benzene rings is 1. The highest BCUT2D eigenvalue weighted by Crippen LogP contribution is 2.29. The monoisotopic (exact) mass is 270 g/mol. The van der Waals surface area contributed by atoms with Crippen LogP contribution < -0.4 is 0 Å². The van der Waals surface area contributed by atoms with Crippen LogP contribution in [0.15, 0.2) is 30.5 Å². The minimum absolute atomic E-state index is 0.0459. The molecular formula is C15H14N2O3. The molecule has 3 rings (SSSR count). The smallest absolute Gasteiger partial charge is 0.354 e. The largest absolute Gasteiger partial charge is 0.477 e. The van der Waals surface area contributed by atoms with Crippen molar-refractivity contribution < 1.29 is 14.6 Å². The molecule has 5 nitrogen and oxygen atoms in total. The Hall–Kier alpha value is -2.40. The molecule has 0 saturated heterocycles.